The number of benzene rings is 1. The maximum atomic E-state index is 12.4. The average molecular weight is 318 g/mol. The van der Waals surface area contributed by atoms with Crippen LogP contribution in [0.25, 0.3) is 0 Å². The van der Waals surface area contributed by atoms with Gasteiger partial charge in [-0.25, -0.2) is 4.79 Å². The van der Waals surface area contributed by atoms with Crippen LogP contribution in [0.5, 0.6) is 0 Å². The van der Waals surface area contributed by atoms with E-state index in [1.807, 2.05) is 18.7 Å². The summed E-state index contributed by atoms with van der Waals surface area (Å²) >= 11 is 0. The van der Waals surface area contributed by atoms with Crippen LogP contribution in [-0.2, 0) is 9.59 Å². The van der Waals surface area contributed by atoms with Crippen molar-refractivity contribution < 1.29 is 19.5 Å². The number of amides is 2. The Labute approximate surface area is 135 Å². The zero-order valence-electron chi connectivity index (χ0n) is 13.4. The van der Waals surface area contributed by atoms with Gasteiger partial charge in [0.15, 0.2) is 0 Å². The highest BCUT2D eigenvalue weighted by Crippen LogP contribution is 2.12. The van der Waals surface area contributed by atoms with Gasteiger partial charge in [-0.3, -0.25) is 9.59 Å². The lowest BCUT2D eigenvalue weighted by Gasteiger charge is -2.21. The summed E-state index contributed by atoms with van der Waals surface area (Å²) in [7, 11) is 0. The first-order chi connectivity index (χ1) is 11.0. The fourth-order valence-electron chi connectivity index (χ4n) is 2.06. The molecule has 0 saturated heterocycles. The summed E-state index contributed by atoms with van der Waals surface area (Å²) in [5.74, 6) is -1.75. The number of carboxylic acid groups (broad SMARTS) is 1. The second kappa shape index (κ2) is 9.40. The highest BCUT2D eigenvalue weighted by molar-refractivity contribution is 6.02. The average Bonchev–Trinajstić information content (AvgIpc) is 2.53. The molecule has 0 aliphatic rings. The molecule has 0 aliphatic heterocycles. The second-order valence-corrected chi connectivity index (χ2v) is 5.03. The third-order valence-corrected chi connectivity index (χ3v) is 3.05. The van der Waals surface area contributed by atoms with Crippen LogP contribution in [-0.4, -0.2) is 40.9 Å². The van der Waals surface area contributed by atoms with Crippen molar-refractivity contribution in [2.24, 2.45) is 0 Å². The van der Waals surface area contributed by atoms with Crippen molar-refractivity contribution in [1.82, 2.24) is 4.90 Å². The molecule has 0 bridgehead atoms. The number of aliphatic carboxylic acids is 1. The lowest BCUT2D eigenvalue weighted by atomic mass is 10.1. The first kappa shape index (κ1) is 18.4. The number of carboxylic acids is 1. The predicted octanol–water partition coefficient (Wildman–Crippen LogP) is 2.53. The van der Waals surface area contributed by atoms with E-state index in [1.165, 1.54) is 0 Å². The van der Waals surface area contributed by atoms with Crippen LogP contribution in [0.2, 0.25) is 0 Å². The minimum atomic E-state index is -1.19. The second-order valence-electron chi connectivity index (χ2n) is 5.03. The van der Waals surface area contributed by atoms with Crippen molar-refractivity contribution in [3.8, 4) is 0 Å². The quantitative estimate of drug-likeness (QED) is 0.721. The van der Waals surface area contributed by atoms with Crippen molar-refractivity contribution in [3.63, 3.8) is 0 Å². The normalized spacial score (nSPS) is 10.5. The molecule has 0 heterocycles. The summed E-state index contributed by atoms with van der Waals surface area (Å²) in [6.07, 6.45) is 3.50. The molecule has 1 aromatic carbocycles. The van der Waals surface area contributed by atoms with Gasteiger partial charge >= 0.3 is 5.97 Å². The molecule has 0 atom stereocenters. The molecular formula is C17H22N2O4. The van der Waals surface area contributed by atoms with Crippen LogP contribution in [0.1, 0.15) is 37.0 Å². The van der Waals surface area contributed by atoms with Gasteiger partial charge in [-0.1, -0.05) is 13.8 Å². The van der Waals surface area contributed by atoms with Gasteiger partial charge in [0.2, 0.25) is 5.91 Å². The Balaban J connectivity index is 2.73. The minimum Gasteiger partial charge on any atom is -0.478 e. The van der Waals surface area contributed by atoms with Crippen LogP contribution in [0.3, 0.4) is 0 Å². The number of hydrogen-bond donors (Lipinski definition) is 2. The molecule has 0 saturated carbocycles. The van der Waals surface area contributed by atoms with Crippen molar-refractivity contribution in [1.29, 1.82) is 0 Å². The van der Waals surface area contributed by atoms with E-state index in [1.54, 1.807) is 24.3 Å². The highest BCUT2D eigenvalue weighted by Gasteiger charge is 2.14. The maximum absolute atomic E-state index is 12.4. The number of carbonyl (C=O) groups is 3. The Kier molecular flexibility index (Phi) is 7.53. The van der Waals surface area contributed by atoms with Crippen molar-refractivity contribution >= 4 is 23.5 Å². The van der Waals surface area contributed by atoms with Gasteiger partial charge in [-0.05, 0) is 37.1 Å². The van der Waals surface area contributed by atoms with E-state index in [4.69, 9.17) is 5.11 Å². The maximum Gasteiger partial charge on any atom is 0.328 e. The molecule has 0 radical (unpaired) electrons. The molecule has 6 nitrogen and oxygen atoms in total. The van der Waals surface area contributed by atoms with Crippen LogP contribution in [0.15, 0.2) is 36.4 Å². The number of hydrogen-bond acceptors (Lipinski definition) is 3. The largest absolute Gasteiger partial charge is 0.478 e. The van der Waals surface area contributed by atoms with Crippen LogP contribution >= 0.6 is 0 Å². The van der Waals surface area contributed by atoms with E-state index in [9.17, 15) is 14.4 Å². The SMILES string of the molecule is CCCN(CCC)C(=O)c1ccc(NC(=O)/C=C/C(=O)O)cc1. The lowest BCUT2D eigenvalue weighted by Crippen LogP contribution is -2.32. The molecule has 6 heteroatoms. The van der Waals surface area contributed by atoms with E-state index in [2.05, 4.69) is 5.32 Å². The predicted molar refractivity (Wildman–Crippen MR) is 88.3 cm³/mol. The smallest absolute Gasteiger partial charge is 0.328 e. The summed E-state index contributed by atoms with van der Waals surface area (Å²) in [5, 5.41) is 11.0. The van der Waals surface area contributed by atoms with E-state index in [0.717, 1.165) is 25.0 Å². The van der Waals surface area contributed by atoms with Crippen LogP contribution in [0, 0.1) is 0 Å². The molecule has 1 rings (SSSR count). The van der Waals surface area contributed by atoms with Gasteiger partial charge in [-0.15, -0.1) is 0 Å². The minimum absolute atomic E-state index is 0.0302. The van der Waals surface area contributed by atoms with Crippen molar-refractivity contribution in [3.05, 3.63) is 42.0 Å². The number of nitrogens with one attached hydrogen (secondary N) is 1. The molecular weight excluding hydrogens is 296 g/mol. The number of carbonyl (C=O) groups excluding carboxylic acids is 2. The Morgan fingerprint density at radius 3 is 2.09 bits per heavy atom. The number of rotatable bonds is 8. The third kappa shape index (κ3) is 6.34. The summed E-state index contributed by atoms with van der Waals surface area (Å²) in [4.78, 5) is 36.0. The highest BCUT2D eigenvalue weighted by atomic mass is 16.4. The molecule has 0 aliphatic carbocycles. The van der Waals surface area contributed by atoms with Gasteiger partial charge in [0.05, 0.1) is 0 Å². The first-order valence-electron chi connectivity index (χ1n) is 7.59. The van der Waals surface area contributed by atoms with Crippen LogP contribution < -0.4 is 5.32 Å². The van der Waals surface area contributed by atoms with Gasteiger partial charge in [0.1, 0.15) is 0 Å². The lowest BCUT2D eigenvalue weighted by molar-refractivity contribution is -0.131. The van der Waals surface area contributed by atoms with Gasteiger partial charge in [-0.2, -0.15) is 0 Å². The summed E-state index contributed by atoms with van der Waals surface area (Å²) in [6, 6.07) is 6.54. The summed E-state index contributed by atoms with van der Waals surface area (Å²) < 4.78 is 0. The monoisotopic (exact) mass is 318 g/mol. The van der Waals surface area contributed by atoms with E-state index in [0.29, 0.717) is 24.3 Å². The molecule has 2 N–H and O–H groups in total. The Bertz CT molecular complexity index is 573. The topological polar surface area (TPSA) is 86.7 Å². The van der Waals surface area contributed by atoms with Crippen LogP contribution in [0.4, 0.5) is 5.69 Å². The summed E-state index contributed by atoms with van der Waals surface area (Å²) in [6.45, 7) is 5.48. The van der Waals surface area contributed by atoms with E-state index >= 15 is 0 Å². The molecule has 0 fully saturated rings. The number of nitrogens with zero attached hydrogens (tertiary/aromatic N) is 1. The fourth-order valence-corrected chi connectivity index (χ4v) is 2.06. The Morgan fingerprint density at radius 1 is 1.04 bits per heavy atom. The first-order valence-corrected chi connectivity index (χ1v) is 7.59. The van der Waals surface area contributed by atoms with Gasteiger partial charge in [0, 0.05) is 36.5 Å². The van der Waals surface area contributed by atoms with Gasteiger partial charge < -0.3 is 15.3 Å². The Hall–Kier alpha value is -2.63. The van der Waals surface area contributed by atoms with E-state index in [-0.39, 0.29) is 5.91 Å². The fraction of sp³-hybridized carbons (Fsp3) is 0.353. The standard InChI is InChI=1S/C17H22N2O4/c1-3-11-19(12-4-2)17(23)13-5-7-14(8-6-13)18-15(20)9-10-16(21)22/h5-10H,3-4,11-12H2,1-2H3,(H,18,20)(H,21,22)/b10-9+. The zero-order valence-corrected chi connectivity index (χ0v) is 13.4. The summed E-state index contributed by atoms with van der Waals surface area (Å²) in [5.41, 5.74) is 1.06. The Morgan fingerprint density at radius 2 is 1.61 bits per heavy atom. The van der Waals surface area contributed by atoms with E-state index < -0.39 is 11.9 Å². The molecule has 0 aromatic heterocycles. The van der Waals surface area contributed by atoms with Crippen molar-refractivity contribution in [2.75, 3.05) is 18.4 Å². The van der Waals surface area contributed by atoms with Gasteiger partial charge in [0.25, 0.3) is 5.91 Å². The number of anilines is 1. The van der Waals surface area contributed by atoms with Crippen molar-refractivity contribution in [2.45, 2.75) is 26.7 Å². The molecule has 23 heavy (non-hydrogen) atoms. The zero-order chi connectivity index (χ0) is 17.2. The third-order valence-electron chi connectivity index (χ3n) is 3.05. The molecule has 124 valence electrons. The molecule has 0 spiro atoms. The molecule has 0 unspecified atom stereocenters. The molecule has 2 amide bonds. The molecule has 1 aromatic rings.